The van der Waals surface area contributed by atoms with E-state index in [0.717, 1.165) is 0 Å². The number of hydrogen-bond acceptors (Lipinski definition) is 6. The summed E-state index contributed by atoms with van der Waals surface area (Å²) < 4.78 is 5.49. The van der Waals surface area contributed by atoms with Crippen molar-refractivity contribution in [3.8, 4) is 11.6 Å². The smallest absolute Gasteiger partial charge is 0.226 e. The van der Waals surface area contributed by atoms with E-state index in [9.17, 15) is 5.11 Å². The normalized spacial score (nSPS) is 10.6. The Hall–Kier alpha value is -2.50. The maximum Gasteiger partial charge on any atom is 0.226 e. The van der Waals surface area contributed by atoms with E-state index in [1.807, 2.05) is 13.8 Å². The van der Waals surface area contributed by atoms with Gasteiger partial charge >= 0.3 is 0 Å². The number of nitrogens with two attached hydrogens (primary N) is 1. The second kappa shape index (κ2) is 6.10. The highest BCUT2D eigenvalue weighted by Gasteiger charge is 2.05. The van der Waals surface area contributed by atoms with Crippen LogP contribution >= 0.6 is 0 Å². The fourth-order valence-electron chi connectivity index (χ4n) is 1.66. The number of nitrogens with one attached hydrogen (secondary N) is 1. The molecule has 0 aliphatic rings. The van der Waals surface area contributed by atoms with Crippen LogP contribution in [0.15, 0.2) is 30.5 Å². The Morgan fingerprint density at radius 1 is 1.35 bits per heavy atom. The molecule has 1 heterocycles. The third-order valence-electron chi connectivity index (χ3n) is 2.53. The molecule has 1 aromatic carbocycles. The average molecular weight is 274 g/mol. The van der Waals surface area contributed by atoms with Gasteiger partial charge in [-0.2, -0.15) is 4.98 Å². The number of anilines is 2. The number of nitrogen functional groups attached to an aromatic ring is 1. The molecule has 0 aliphatic heterocycles. The third-order valence-corrected chi connectivity index (χ3v) is 2.53. The largest absolute Gasteiger partial charge is 0.508 e. The Kier molecular flexibility index (Phi) is 4.24. The minimum absolute atomic E-state index is 0.0516. The van der Waals surface area contributed by atoms with E-state index in [-0.39, 0.29) is 11.9 Å². The van der Waals surface area contributed by atoms with Crippen molar-refractivity contribution in [1.29, 1.82) is 0 Å². The van der Waals surface area contributed by atoms with E-state index in [1.165, 1.54) is 0 Å². The molecule has 0 atom stereocenters. The zero-order valence-electron chi connectivity index (χ0n) is 11.5. The second-order valence-electron chi connectivity index (χ2n) is 4.63. The zero-order chi connectivity index (χ0) is 14.5. The van der Waals surface area contributed by atoms with Crippen molar-refractivity contribution in [2.24, 2.45) is 0 Å². The minimum atomic E-state index is 0.0516. The number of hydrogen-bond donors (Lipinski definition) is 3. The summed E-state index contributed by atoms with van der Waals surface area (Å²) >= 11 is 0. The lowest BCUT2D eigenvalue weighted by atomic mass is 10.2. The van der Waals surface area contributed by atoms with E-state index in [0.29, 0.717) is 29.6 Å². The van der Waals surface area contributed by atoms with Gasteiger partial charge in [0.1, 0.15) is 5.75 Å². The lowest BCUT2D eigenvalue weighted by Gasteiger charge is -2.10. The van der Waals surface area contributed by atoms with Gasteiger partial charge in [-0.05, 0) is 32.0 Å². The number of phenols is 1. The molecular weight excluding hydrogens is 256 g/mol. The summed E-state index contributed by atoms with van der Waals surface area (Å²) in [5, 5.41) is 12.8. The van der Waals surface area contributed by atoms with E-state index >= 15 is 0 Å². The van der Waals surface area contributed by atoms with Gasteiger partial charge in [0.15, 0.2) is 0 Å². The molecule has 0 bridgehead atoms. The number of benzene rings is 1. The van der Waals surface area contributed by atoms with Crippen LogP contribution in [0.1, 0.15) is 19.4 Å². The number of phenolic OH excluding ortho intramolecular Hbond substituents is 1. The summed E-state index contributed by atoms with van der Waals surface area (Å²) in [4.78, 5) is 8.32. The van der Waals surface area contributed by atoms with Gasteiger partial charge in [0.05, 0.1) is 6.10 Å². The van der Waals surface area contributed by atoms with Gasteiger partial charge in [0, 0.05) is 30.1 Å². The predicted molar refractivity (Wildman–Crippen MR) is 77.6 cm³/mol. The second-order valence-corrected chi connectivity index (χ2v) is 4.63. The fourth-order valence-corrected chi connectivity index (χ4v) is 1.66. The summed E-state index contributed by atoms with van der Waals surface area (Å²) in [6, 6.07) is 6.61. The van der Waals surface area contributed by atoms with Crippen molar-refractivity contribution >= 4 is 11.6 Å². The molecule has 6 heteroatoms. The van der Waals surface area contributed by atoms with Crippen molar-refractivity contribution in [1.82, 2.24) is 9.97 Å². The lowest BCUT2D eigenvalue weighted by molar-refractivity contribution is 0.232. The van der Waals surface area contributed by atoms with Crippen molar-refractivity contribution in [2.75, 3.05) is 11.1 Å². The third kappa shape index (κ3) is 3.74. The zero-order valence-corrected chi connectivity index (χ0v) is 11.5. The van der Waals surface area contributed by atoms with Gasteiger partial charge in [-0.25, -0.2) is 4.98 Å². The molecule has 106 valence electrons. The van der Waals surface area contributed by atoms with Crippen LogP contribution < -0.4 is 15.8 Å². The molecule has 1 aromatic heterocycles. The van der Waals surface area contributed by atoms with Crippen LogP contribution in [0.3, 0.4) is 0 Å². The molecular formula is C14H18N4O2. The number of aromatic hydroxyl groups is 1. The standard InChI is InChI=1S/C14H18N4O2/c1-9(2)20-13-5-6-16-14(18-13)17-8-10-7-11(15)3-4-12(10)19/h3-7,9,19H,8,15H2,1-2H3,(H,16,17,18). The number of ether oxygens (including phenoxy) is 1. The Balaban J connectivity index is 2.05. The summed E-state index contributed by atoms with van der Waals surface area (Å²) in [5.41, 5.74) is 6.96. The molecule has 2 aromatic rings. The Labute approximate surface area is 117 Å². The van der Waals surface area contributed by atoms with Crippen LogP contribution in [0, 0.1) is 0 Å². The summed E-state index contributed by atoms with van der Waals surface area (Å²) in [6.45, 7) is 4.24. The monoisotopic (exact) mass is 274 g/mol. The molecule has 0 fully saturated rings. The molecule has 20 heavy (non-hydrogen) atoms. The van der Waals surface area contributed by atoms with E-state index in [4.69, 9.17) is 10.5 Å². The Morgan fingerprint density at radius 3 is 2.90 bits per heavy atom. The molecule has 2 rings (SSSR count). The van der Waals surface area contributed by atoms with E-state index < -0.39 is 0 Å². The molecule has 0 saturated carbocycles. The van der Waals surface area contributed by atoms with Crippen LogP contribution in [-0.4, -0.2) is 21.2 Å². The highest BCUT2D eigenvalue weighted by Crippen LogP contribution is 2.20. The van der Waals surface area contributed by atoms with Gasteiger partial charge in [-0.3, -0.25) is 0 Å². The maximum atomic E-state index is 9.73. The lowest BCUT2D eigenvalue weighted by Crippen LogP contribution is -2.09. The van der Waals surface area contributed by atoms with E-state index in [2.05, 4.69) is 15.3 Å². The van der Waals surface area contributed by atoms with Gasteiger partial charge in [0.25, 0.3) is 0 Å². The number of nitrogens with zero attached hydrogens (tertiary/aromatic N) is 2. The SMILES string of the molecule is CC(C)Oc1ccnc(NCc2cc(N)ccc2O)n1. The maximum absolute atomic E-state index is 9.73. The number of rotatable bonds is 5. The highest BCUT2D eigenvalue weighted by molar-refractivity contribution is 5.48. The van der Waals surface area contributed by atoms with Crippen molar-refractivity contribution in [3.63, 3.8) is 0 Å². The molecule has 0 aliphatic carbocycles. The van der Waals surface area contributed by atoms with Crippen LogP contribution in [0.2, 0.25) is 0 Å². The predicted octanol–water partition coefficient (Wildman–Crippen LogP) is 2.16. The Bertz CT molecular complexity index is 587. The Morgan fingerprint density at radius 2 is 2.15 bits per heavy atom. The van der Waals surface area contributed by atoms with Gasteiger partial charge in [0.2, 0.25) is 11.8 Å². The molecule has 4 N–H and O–H groups in total. The summed E-state index contributed by atoms with van der Waals surface area (Å²) in [6.07, 6.45) is 1.67. The van der Waals surface area contributed by atoms with E-state index in [1.54, 1.807) is 30.5 Å². The summed E-state index contributed by atoms with van der Waals surface area (Å²) in [5.74, 6) is 1.13. The van der Waals surface area contributed by atoms with Crippen molar-refractivity contribution < 1.29 is 9.84 Å². The van der Waals surface area contributed by atoms with Crippen LogP contribution in [0.4, 0.5) is 11.6 Å². The molecule has 0 saturated heterocycles. The fraction of sp³-hybridized carbons (Fsp3) is 0.286. The van der Waals surface area contributed by atoms with Crippen molar-refractivity contribution in [3.05, 3.63) is 36.0 Å². The van der Waals surface area contributed by atoms with Crippen LogP contribution in [0.5, 0.6) is 11.6 Å². The first kappa shape index (κ1) is 13.9. The van der Waals surface area contributed by atoms with Crippen LogP contribution in [-0.2, 0) is 6.54 Å². The first-order valence-electron chi connectivity index (χ1n) is 6.35. The quantitative estimate of drug-likeness (QED) is 0.571. The molecule has 0 amide bonds. The summed E-state index contributed by atoms with van der Waals surface area (Å²) in [7, 11) is 0. The topological polar surface area (TPSA) is 93.3 Å². The first-order chi connectivity index (χ1) is 9.54. The molecule has 6 nitrogen and oxygen atoms in total. The average Bonchev–Trinajstić information content (AvgIpc) is 2.39. The minimum Gasteiger partial charge on any atom is -0.508 e. The van der Waals surface area contributed by atoms with Gasteiger partial charge < -0.3 is 20.9 Å². The highest BCUT2D eigenvalue weighted by atomic mass is 16.5. The van der Waals surface area contributed by atoms with Crippen molar-refractivity contribution in [2.45, 2.75) is 26.5 Å². The molecule has 0 unspecified atom stereocenters. The molecule has 0 radical (unpaired) electrons. The van der Waals surface area contributed by atoms with Crippen LogP contribution in [0.25, 0.3) is 0 Å². The number of aromatic nitrogens is 2. The molecule has 0 spiro atoms. The van der Waals surface area contributed by atoms with Gasteiger partial charge in [-0.15, -0.1) is 0 Å². The van der Waals surface area contributed by atoms with Gasteiger partial charge in [-0.1, -0.05) is 0 Å². The first-order valence-corrected chi connectivity index (χ1v) is 6.35.